The first-order chi connectivity index (χ1) is 10.6. The zero-order valence-electron chi connectivity index (χ0n) is 12.3. The van der Waals surface area contributed by atoms with E-state index in [1.807, 2.05) is 37.3 Å². The van der Waals surface area contributed by atoms with Crippen LogP contribution in [0.2, 0.25) is 0 Å². The molecule has 2 N–H and O–H groups in total. The number of hydrogen-bond acceptors (Lipinski definition) is 2. The van der Waals surface area contributed by atoms with Gasteiger partial charge in [-0.15, -0.1) is 0 Å². The van der Waals surface area contributed by atoms with E-state index in [0.29, 0.717) is 0 Å². The summed E-state index contributed by atoms with van der Waals surface area (Å²) in [6.45, 7) is 1.79. The lowest BCUT2D eigenvalue weighted by Gasteiger charge is -2.06. The highest BCUT2D eigenvalue weighted by Gasteiger charge is 2.04. The number of nitrogens with one attached hydrogen (secondary N) is 1. The van der Waals surface area contributed by atoms with Crippen LogP contribution in [-0.2, 0) is 17.9 Å². The van der Waals surface area contributed by atoms with Crippen LogP contribution < -0.4 is 5.32 Å². The molecule has 0 spiro atoms. The quantitative estimate of drug-likeness (QED) is 0.834. The van der Waals surface area contributed by atoms with E-state index in [-0.39, 0.29) is 24.6 Å². The number of aliphatic hydroxyl groups is 1. The van der Waals surface area contributed by atoms with Gasteiger partial charge in [-0.1, -0.05) is 36.4 Å². The Balaban J connectivity index is 1.98. The van der Waals surface area contributed by atoms with E-state index < -0.39 is 5.82 Å². The SMILES string of the molecule is C/C(=C/C(=O)NCc1ccc(F)c(CO)c1)c1ccccc1. The number of rotatable bonds is 5. The van der Waals surface area contributed by atoms with Crippen LogP contribution in [0.3, 0.4) is 0 Å². The molecule has 0 atom stereocenters. The molecule has 4 heteroatoms. The van der Waals surface area contributed by atoms with Gasteiger partial charge in [0.25, 0.3) is 0 Å². The number of amides is 1. The second kappa shape index (κ2) is 7.52. The van der Waals surface area contributed by atoms with E-state index in [1.165, 1.54) is 12.1 Å². The molecule has 0 heterocycles. The minimum atomic E-state index is -0.447. The molecular weight excluding hydrogens is 281 g/mol. The largest absolute Gasteiger partial charge is 0.392 e. The maximum atomic E-state index is 13.3. The Hall–Kier alpha value is -2.46. The first-order valence-electron chi connectivity index (χ1n) is 7.00. The van der Waals surface area contributed by atoms with Gasteiger partial charge in [0.1, 0.15) is 5.82 Å². The van der Waals surface area contributed by atoms with Gasteiger partial charge in [-0.3, -0.25) is 4.79 Å². The Kier molecular flexibility index (Phi) is 5.44. The molecule has 0 saturated carbocycles. The Morgan fingerprint density at radius 2 is 1.95 bits per heavy atom. The number of benzene rings is 2. The topological polar surface area (TPSA) is 49.3 Å². The standard InChI is InChI=1S/C18H18FNO2/c1-13(15-5-3-2-4-6-15)9-18(22)20-11-14-7-8-17(19)16(10-14)12-21/h2-10,21H,11-12H2,1H3,(H,20,22)/b13-9-. The van der Waals surface area contributed by atoms with Gasteiger partial charge in [-0.25, -0.2) is 4.39 Å². The minimum Gasteiger partial charge on any atom is -0.392 e. The smallest absolute Gasteiger partial charge is 0.244 e. The van der Waals surface area contributed by atoms with E-state index >= 15 is 0 Å². The fourth-order valence-corrected chi connectivity index (χ4v) is 2.08. The fraction of sp³-hybridized carbons (Fsp3) is 0.167. The van der Waals surface area contributed by atoms with Crippen LogP contribution >= 0.6 is 0 Å². The van der Waals surface area contributed by atoms with Gasteiger partial charge < -0.3 is 10.4 Å². The number of carbonyl (C=O) groups excluding carboxylic acids is 1. The number of halogens is 1. The molecule has 22 heavy (non-hydrogen) atoms. The number of allylic oxidation sites excluding steroid dienone is 1. The normalized spacial score (nSPS) is 11.3. The summed E-state index contributed by atoms with van der Waals surface area (Å²) in [5.41, 5.74) is 2.82. The van der Waals surface area contributed by atoms with Crippen LogP contribution in [0.5, 0.6) is 0 Å². The highest BCUT2D eigenvalue weighted by atomic mass is 19.1. The van der Waals surface area contributed by atoms with E-state index in [0.717, 1.165) is 16.7 Å². The summed E-state index contributed by atoms with van der Waals surface area (Å²) in [5, 5.41) is 11.8. The molecule has 0 aliphatic heterocycles. The fourth-order valence-electron chi connectivity index (χ4n) is 2.08. The second-order valence-electron chi connectivity index (χ2n) is 5.00. The third kappa shape index (κ3) is 4.27. The highest BCUT2D eigenvalue weighted by Crippen LogP contribution is 2.13. The third-order valence-corrected chi connectivity index (χ3v) is 3.32. The number of carbonyl (C=O) groups is 1. The molecule has 0 saturated heterocycles. The molecule has 3 nitrogen and oxygen atoms in total. The van der Waals surface area contributed by atoms with Gasteiger partial charge in [0.15, 0.2) is 0 Å². The molecule has 0 aliphatic rings. The molecule has 0 aliphatic carbocycles. The van der Waals surface area contributed by atoms with Gasteiger partial charge in [-0.05, 0) is 35.8 Å². The Bertz CT molecular complexity index is 681. The summed E-state index contributed by atoms with van der Waals surface area (Å²) < 4.78 is 13.3. The molecule has 2 aromatic rings. The third-order valence-electron chi connectivity index (χ3n) is 3.32. The minimum absolute atomic E-state index is 0.212. The average Bonchev–Trinajstić information content (AvgIpc) is 2.55. The van der Waals surface area contributed by atoms with Crippen molar-refractivity contribution in [3.63, 3.8) is 0 Å². The van der Waals surface area contributed by atoms with Crippen molar-refractivity contribution in [3.05, 3.63) is 77.1 Å². The van der Waals surface area contributed by atoms with Crippen LogP contribution in [0, 0.1) is 5.82 Å². The Labute approximate surface area is 129 Å². The first kappa shape index (κ1) is 15.9. The first-order valence-corrected chi connectivity index (χ1v) is 7.00. The summed E-state index contributed by atoms with van der Waals surface area (Å²) in [5.74, 6) is -0.659. The Morgan fingerprint density at radius 3 is 2.64 bits per heavy atom. The van der Waals surface area contributed by atoms with E-state index in [2.05, 4.69) is 5.32 Å². The van der Waals surface area contributed by atoms with E-state index in [9.17, 15) is 9.18 Å². The molecule has 2 aromatic carbocycles. The summed E-state index contributed by atoms with van der Waals surface area (Å²) in [7, 11) is 0. The lowest BCUT2D eigenvalue weighted by Crippen LogP contribution is -2.20. The van der Waals surface area contributed by atoms with Gasteiger partial charge >= 0.3 is 0 Å². The zero-order chi connectivity index (χ0) is 15.9. The lowest BCUT2D eigenvalue weighted by atomic mass is 10.1. The Morgan fingerprint density at radius 1 is 1.23 bits per heavy atom. The van der Waals surface area contributed by atoms with Crippen LogP contribution in [-0.4, -0.2) is 11.0 Å². The molecule has 0 fully saturated rings. The molecule has 0 radical (unpaired) electrons. The van der Waals surface area contributed by atoms with Crippen LogP contribution in [0.1, 0.15) is 23.6 Å². The average molecular weight is 299 g/mol. The van der Waals surface area contributed by atoms with Crippen molar-refractivity contribution in [3.8, 4) is 0 Å². The van der Waals surface area contributed by atoms with Gasteiger partial charge in [0.2, 0.25) is 5.91 Å². The van der Waals surface area contributed by atoms with Crippen molar-refractivity contribution in [2.24, 2.45) is 0 Å². The molecular formula is C18H18FNO2. The van der Waals surface area contributed by atoms with E-state index in [4.69, 9.17) is 5.11 Å². The summed E-state index contributed by atoms with van der Waals surface area (Å²) >= 11 is 0. The maximum absolute atomic E-state index is 13.3. The molecule has 0 unspecified atom stereocenters. The van der Waals surface area contributed by atoms with E-state index in [1.54, 1.807) is 12.1 Å². The highest BCUT2D eigenvalue weighted by molar-refractivity contribution is 5.94. The molecule has 114 valence electrons. The van der Waals surface area contributed by atoms with Gasteiger partial charge in [0, 0.05) is 18.2 Å². The van der Waals surface area contributed by atoms with Crippen molar-refractivity contribution in [1.29, 1.82) is 0 Å². The van der Waals surface area contributed by atoms with Crippen molar-refractivity contribution in [2.75, 3.05) is 0 Å². The van der Waals surface area contributed by atoms with Crippen molar-refractivity contribution < 1.29 is 14.3 Å². The van der Waals surface area contributed by atoms with Crippen LogP contribution in [0.4, 0.5) is 4.39 Å². The van der Waals surface area contributed by atoms with Crippen molar-refractivity contribution >= 4 is 11.5 Å². The lowest BCUT2D eigenvalue weighted by molar-refractivity contribution is -0.116. The maximum Gasteiger partial charge on any atom is 0.244 e. The predicted octanol–water partition coefficient (Wildman–Crippen LogP) is 3.04. The zero-order valence-corrected chi connectivity index (χ0v) is 12.3. The van der Waals surface area contributed by atoms with Gasteiger partial charge in [-0.2, -0.15) is 0 Å². The summed E-state index contributed by atoms with van der Waals surface area (Å²) in [4.78, 5) is 11.9. The van der Waals surface area contributed by atoms with Crippen molar-refractivity contribution in [2.45, 2.75) is 20.1 Å². The van der Waals surface area contributed by atoms with Crippen LogP contribution in [0.15, 0.2) is 54.6 Å². The molecule has 0 aromatic heterocycles. The molecule has 0 bridgehead atoms. The van der Waals surface area contributed by atoms with Gasteiger partial charge in [0.05, 0.1) is 6.61 Å². The van der Waals surface area contributed by atoms with Crippen LogP contribution in [0.25, 0.3) is 5.57 Å². The molecule has 1 amide bonds. The predicted molar refractivity (Wildman–Crippen MR) is 84.3 cm³/mol. The molecule has 2 rings (SSSR count). The summed E-state index contributed by atoms with van der Waals surface area (Å²) in [6, 6.07) is 14.0. The second-order valence-corrected chi connectivity index (χ2v) is 5.00. The monoisotopic (exact) mass is 299 g/mol. The summed E-state index contributed by atoms with van der Waals surface area (Å²) in [6.07, 6.45) is 1.53. The van der Waals surface area contributed by atoms with Crippen molar-refractivity contribution in [1.82, 2.24) is 5.32 Å². The number of hydrogen-bond donors (Lipinski definition) is 2. The number of aliphatic hydroxyl groups excluding tert-OH is 1.